The van der Waals surface area contributed by atoms with Gasteiger partial charge in [0.15, 0.2) is 0 Å². The summed E-state index contributed by atoms with van der Waals surface area (Å²) in [4.78, 5) is 22.9. The van der Waals surface area contributed by atoms with Crippen LogP contribution < -0.4 is 10.6 Å². The van der Waals surface area contributed by atoms with Crippen LogP contribution in [0.4, 0.5) is 0 Å². The van der Waals surface area contributed by atoms with Crippen molar-refractivity contribution < 1.29 is 9.59 Å². The molecule has 2 N–H and O–H groups in total. The van der Waals surface area contributed by atoms with E-state index in [-0.39, 0.29) is 24.4 Å². The number of benzene rings is 1. The van der Waals surface area contributed by atoms with Crippen molar-refractivity contribution >= 4 is 23.4 Å². The van der Waals surface area contributed by atoms with E-state index in [0.29, 0.717) is 17.9 Å². The van der Waals surface area contributed by atoms with Gasteiger partial charge in [0, 0.05) is 17.5 Å². The molecule has 1 aromatic carbocycles. The highest BCUT2D eigenvalue weighted by atomic mass is 35.5. The smallest absolute Gasteiger partial charge is 0.239 e. The van der Waals surface area contributed by atoms with E-state index in [9.17, 15) is 9.59 Å². The summed E-state index contributed by atoms with van der Waals surface area (Å²) in [5.41, 5.74) is 1.01. The maximum Gasteiger partial charge on any atom is 0.239 e. The fourth-order valence-electron chi connectivity index (χ4n) is 1.59. The molecular weight excluding hydrogens is 264 g/mol. The lowest BCUT2D eigenvalue weighted by Gasteiger charge is -2.09. The molecule has 0 fully saturated rings. The fraction of sp³-hybridized carbons (Fsp3) is 0.429. The Morgan fingerprint density at radius 3 is 2.63 bits per heavy atom. The van der Waals surface area contributed by atoms with E-state index in [4.69, 9.17) is 11.6 Å². The molecule has 0 aromatic heterocycles. The minimum Gasteiger partial charge on any atom is -0.352 e. The molecule has 104 valence electrons. The Labute approximate surface area is 118 Å². The average Bonchev–Trinajstić information content (AvgIpc) is 2.33. The molecule has 0 spiro atoms. The first-order valence-corrected chi connectivity index (χ1v) is 6.65. The monoisotopic (exact) mass is 282 g/mol. The zero-order valence-electron chi connectivity index (χ0n) is 11.2. The van der Waals surface area contributed by atoms with Gasteiger partial charge in [-0.05, 0) is 38.0 Å². The molecule has 0 unspecified atom stereocenters. The van der Waals surface area contributed by atoms with E-state index in [2.05, 4.69) is 10.6 Å². The fourth-order valence-corrected chi connectivity index (χ4v) is 1.80. The Bertz CT molecular complexity index is 447. The normalized spacial score (nSPS) is 10.3. The second-order valence-corrected chi connectivity index (χ2v) is 5.07. The minimum absolute atomic E-state index is 0.0204. The number of carbonyl (C=O) groups excluding carboxylic acids is 2. The van der Waals surface area contributed by atoms with Gasteiger partial charge in [-0.2, -0.15) is 0 Å². The summed E-state index contributed by atoms with van der Waals surface area (Å²) in [6.07, 6.45) is 0.952. The number of rotatable bonds is 6. The zero-order chi connectivity index (χ0) is 14.3. The molecule has 0 bridgehead atoms. The Morgan fingerprint density at radius 1 is 1.26 bits per heavy atom. The molecule has 0 heterocycles. The maximum absolute atomic E-state index is 11.6. The highest BCUT2D eigenvalue weighted by Crippen LogP contribution is 2.11. The van der Waals surface area contributed by atoms with Gasteiger partial charge in [0.05, 0.1) is 6.54 Å². The van der Waals surface area contributed by atoms with Crippen molar-refractivity contribution in [1.29, 1.82) is 0 Å². The van der Waals surface area contributed by atoms with Crippen LogP contribution in [0, 0.1) is 0 Å². The molecule has 5 heteroatoms. The van der Waals surface area contributed by atoms with Gasteiger partial charge in [0.25, 0.3) is 0 Å². The summed E-state index contributed by atoms with van der Waals surface area (Å²) in [5, 5.41) is 5.96. The van der Waals surface area contributed by atoms with E-state index in [0.717, 1.165) is 5.56 Å². The van der Waals surface area contributed by atoms with E-state index in [1.807, 2.05) is 32.0 Å². The molecule has 19 heavy (non-hydrogen) atoms. The summed E-state index contributed by atoms with van der Waals surface area (Å²) in [5.74, 6) is -0.315. The Kier molecular flexibility index (Phi) is 6.36. The molecule has 1 aromatic rings. The summed E-state index contributed by atoms with van der Waals surface area (Å²) in [7, 11) is 0. The second kappa shape index (κ2) is 7.79. The van der Waals surface area contributed by atoms with Crippen LogP contribution in [0.1, 0.15) is 25.8 Å². The van der Waals surface area contributed by atoms with Gasteiger partial charge in [-0.1, -0.05) is 23.7 Å². The zero-order valence-corrected chi connectivity index (χ0v) is 12.0. The predicted molar refractivity (Wildman–Crippen MR) is 76.1 cm³/mol. The lowest BCUT2D eigenvalue weighted by Crippen LogP contribution is -2.39. The lowest BCUT2D eigenvalue weighted by atomic mass is 10.1. The van der Waals surface area contributed by atoms with Crippen LogP contribution in [0.3, 0.4) is 0 Å². The van der Waals surface area contributed by atoms with Gasteiger partial charge in [0.2, 0.25) is 11.8 Å². The quantitative estimate of drug-likeness (QED) is 0.837. The molecule has 0 atom stereocenters. The van der Waals surface area contributed by atoms with E-state index >= 15 is 0 Å². The summed E-state index contributed by atoms with van der Waals surface area (Å²) < 4.78 is 0. The minimum atomic E-state index is -0.175. The van der Waals surface area contributed by atoms with Gasteiger partial charge in [0.1, 0.15) is 0 Å². The number of aryl methyl sites for hydroxylation is 1. The molecule has 0 saturated heterocycles. The van der Waals surface area contributed by atoms with E-state index in [1.165, 1.54) is 0 Å². The van der Waals surface area contributed by atoms with Crippen LogP contribution in [0.5, 0.6) is 0 Å². The van der Waals surface area contributed by atoms with Crippen LogP contribution in [0.2, 0.25) is 5.02 Å². The maximum atomic E-state index is 11.6. The van der Waals surface area contributed by atoms with Gasteiger partial charge in [-0.15, -0.1) is 0 Å². The third-order valence-corrected chi connectivity index (χ3v) is 2.66. The van der Waals surface area contributed by atoms with Crippen molar-refractivity contribution in [2.24, 2.45) is 0 Å². The van der Waals surface area contributed by atoms with Crippen molar-refractivity contribution in [2.75, 3.05) is 6.54 Å². The van der Waals surface area contributed by atoms with Crippen molar-refractivity contribution in [1.82, 2.24) is 10.6 Å². The molecule has 1 rings (SSSR count). The van der Waals surface area contributed by atoms with Crippen molar-refractivity contribution in [2.45, 2.75) is 32.7 Å². The first kappa shape index (κ1) is 15.5. The SMILES string of the molecule is CC(C)NC(=O)CNC(=O)CCc1cccc(Cl)c1. The second-order valence-electron chi connectivity index (χ2n) is 4.63. The van der Waals surface area contributed by atoms with Crippen LogP contribution in [-0.4, -0.2) is 24.4 Å². The third-order valence-electron chi connectivity index (χ3n) is 2.43. The average molecular weight is 283 g/mol. The largest absolute Gasteiger partial charge is 0.352 e. The predicted octanol–water partition coefficient (Wildman–Crippen LogP) is 1.91. The summed E-state index contributed by atoms with van der Waals surface area (Å²) in [6.45, 7) is 3.77. The molecule has 0 saturated carbocycles. The van der Waals surface area contributed by atoms with Gasteiger partial charge in [-0.3, -0.25) is 9.59 Å². The van der Waals surface area contributed by atoms with Crippen LogP contribution in [-0.2, 0) is 16.0 Å². The van der Waals surface area contributed by atoms with E-state index in [1.54, 1.807) is 6.07 Å². The molecule has 0 aliphatic heterocycles. The first-order valence-electron chi connectivity index (χ1n) is 6.28. The van der Waals surface area contributed by atoms with Crippen LogP contribution >= 0.6 is 11.6 Å². The number of hydrogen-bond acceptors (Lipinski definition) is 2. The third kappa shape index (κ3) is 6.82. The molecule has 0 aliphatic rings. The summed E-state index contributed by atoms with van der Waals surface area (Å²) in [6, 6.07) is 7.48. The topological polar surface area (TPSA) is 58.2 Å². The Hall–Kier alpha value is -1.55. The number of nitrogens with one attached hydrogen (secondary N) is 2. The van der Waals surface area contributed by atoms with E-state index < -0.39 is 0 Å². The van der Waals surface area contributed by atoms with Crippen molar-refractivity contribution in [3.8, 4) is 0 Å². The number of amides is 2. The van der Waals surface area contributed by atoms with Gasteiger partial charge in [-0.25, -0.2) is 0 Å². The lowest BCUT2D eigenvalue weighted by molar-refractivity contribution is -0.126. The standard InChI is InChI=1S/C14H19ClN2O2/c1-10(2)17-14(19)9-16-13(18)7-6-11-4-3-5-12(15)8-11/h3-5,8,10H,6-7,9H2,1-2H3,(H,16,18)(H,17,19). The highest BCUT2D eigenvalue weighted by molar-refractivity contribution is 6.30. The Balaban J connectivity index is 2.26. The molecule has 0 radical (unpaired) electrons. The van der Waals surface area contributed by atoms with Crippen LogP contribution in [0.15, 0.2) is 24.3 Å². The molecule has 2 amide bonds. The number of carbonyl (C=O) groups is 2. The molecular formula is C14H19ClN2O2. The van der Waals surface area contributed by atoms with Gasteiger partial charge >= 0.3 is 0 Å². The van der Waals surface area contributed by atoms with Crippen molar-refractivity contribution in [3.63, 3.8) is 0 Å². The Morgan fingerprint density at radius 2 is 2.00 bits per heavy atom. The first-order chi connectivity index (χ1) is 8.97. The highest BCUT2D eigenvalue weighted by Gasteiger charge is 2.06. The summed E-state index contributed by atoms with van der Waals surface area (Å²) >= 11 is 5.86. The van der Waals surface area contributed by atoms with Crippen LogP contribution in [0.25, 0.3) is 0 Å². The number of hydrogen-bond donors (Lipinski definition) is 2. The van der Waals surface area contributed by atoms with Gasteiger partial charge < -0.3 is 10.6 Å². The molecule has 4 nitrogen and oxygen atoms in total. The molecule has 0 aliphatic carbocycles. The number of halogens is 1. The van der Waals surface area contributed by atoms with Crippen molar-refractivity contribution in [3.05, 3.63) is 34.9 Å².